The van der Waals surface area contributed by atoms with Crippen LogP contribution in [-0.4, -0.2) is 54.3 Å². The van der Waals surface area contributed by atoms with Gasteiger partial charge in [0.25, 0.3) is 0 Å². The summed E-state index contributed by atoms with van der Waals surface area (Å²) in [4.78, 5) is 24.9. The number of hydrogen-bond acceptors (Lipinski definition) is 7. The highest BCUT2D eigenvalue weighted by Gasteiger charge is 2.16. The van der Waals surface area contributed by atoms with Crippen LogP contribution in [0.25, 0.3) is 39.1 Å². The van der Waals surface area contributed by atoms with E-state index >= 15 is 0 Å². The van der Waals surface area contributed by atoms with Gasteiger partial charge in [-0.1, -0.05) is 6.07 Å². The molecule has 192 valence electrons. The molecule has 0 aliphatic rings. The van der Waals surface area contributed by atoms with Gasteiger partial charge in [0.15, 0.2) is 5.82 Å². The SMILES string of the molecule is Cc1ccc2nc(-c3ccc4c(c3)nc(NCCCCNC(=O)OC(C)(C)C)c3nnc(C)n34)[nH]c2c1. The van der Waals surface area contributed by atoms with Crippen molar-refractivity contribution in [1.29, 1.82) is 0 Å². The van der Waals surface area contributed by atoms with Gasteiger partial charge >= 0.3 is 6.09 Å². The highest BCUT2D eigenvalue weighted by atomic mass is 16.6. The molecule has 0 spiro atoms. The van der Waals surface area contributed by atoms with Gasteiger partial charge < -0.3 is 20.4 Å². The van der Waals surface area contributed by atoms with Gasteiger partial charge in [-0.05, 0) is 83.4 Å². The number of ether oxygens (including phenoxy) is 1. The maximum atomic E-state index is 11.8. The van der Waals surface area contributed by atoms with Crippen LogP contribution in [-0.2, 0) is 4.74 Å². The molecule has 1 amide bonds. The number of hydrogen-bond donors (Lipinski definition) is 3. The third-order valence-electron chi connectivity index (χ3n) is 5.96. The highest BCUT2D eigenvalue weighted by molar-refractivity contribution is 5.87. The Balaban J connectivity index is 1.33. The molecule has 37 heavy (non-hydrogen) atoms. The second kappa shape index (κ2) is 9.68. The molecule has 5 aromatic rings. The van der Waals surface area contributed by atoms with E-state index in [-0.39, 0.29) is 0 Å². The molecule has 0 fully saturated rings. The van der Waals surface area contributed by atoms with E-state index in [9.17, 15) is 4.79 Å². The second-order valence-corrected chi connectivity index (χ2v) is 10.2. The van der Waals surface area contributed by atoms with E-state index in [0.29, 0.717) is 24.6 Å². The zero-order chi connectivity index (χ0) is 26.2. The topological polar surface area (TPSA) is 122 Å². The zero-order valence-electron chi connectivity index (χ0n) is 21.8. The Morgan fingerprint density at radius 2 is 1.81 bits per heavy atom. The Labute approximate surface area is 214 Å². The van der Waals surface area contributed by atoms with Crippen molar-refractivity contribution in [2.75, 3.05) is 18.4 Å². The van der Waals surface area contributed by atoms with E-state index in [4.69, 9.17) is 14.7 Å². The Morgan fingerprint density at radius 1 is 1.00 bits per heavy atom. The molecule has 0 unspecified atom stereocenters. The summed E-state index contributed by atoms with van der Waals surface area (Å²) >= 11 is 0. The minimum Gasteiger partial charge on any atom is -0.444 e. The number of nitrogens with one attached hydrogen (secondary N) is 3. The van der Waals surface area contributed by atoms with Crippen molar-refractivity contribution in [3.63, 3.8) is 0 Å². The number of unbranched alkanes of at least 4 members (excludes halogenated alkanes) is 1. The van der Waals surface area contributed by atoms with Crippen molar-refractivity contribution >= 4 is 39.6 Å². The summed E-state index contributed by atoms with van der Waals surface area (Å²) in [5.74, 6) is 2.27. The van der Waals surface area contributed by atoms with E-state index in [0.717, 1.165) is 52.1 Å². The summed E-state index contributed by atoms with van der Waals surface area (Å²) in [7, 11) is 0. The number of imidazole rings is 1. The standard InChI is InChI=1S/C27H32N8O2/c1-16-8-10-19-20(14-16)31-23(30-19)18-9-11-22-21(15-18)32-24(25-34-33-17(2)35(22)25)28-12-6-7-13-29-26(36)37-27(3,4)5/h8-11,14-15H,6-7,12-13H2,1-5H3,(H,28,32)(H,29,36)(H,30,31). The van der Waals surface area contributed by atoms with Crippen molar-refractivity contribution in [3.05, 3.63) is 47.8 Å². The smallest absolute Gasteiger partial charge is 0.407 e. The Bertz CT molecular complexity index is 1600. The predicted molar refractivity (Wildman–Crippen MR) is 145 cm³/mol. The third-order valence-corrected chi connectivity index (χ3v) is 5.96. The van der Waals surface area contributed by atoms with Crippen LogP contribution in [0.3, 0.4) is 0 Å². The summed E-state index contributed by atoms with van der Waals surface area (Å²) in [6, 6.07) is 12.3. The Kier molecular flexibility index (Phi) is 6.41. The number of carbonyl (C=O) groups excluding carboxylic acids is 1. The van der Waals surface area contributed by atoms with Crippen LogP contribution >= 0.6 is 0 Å². The minimum absolute atomic E-state index is 0.396. The van der Waals surface area contributed by atoms with E-state index < -0.39 is 11.7 Å². The van der Waals surface area contributed by atoms with Gasteiger partial charge in [-0.3, -0.25) is 4.40 Å². The first-order chi connectivity index (χ1) is 17.7. The average molecular weight is 501 g/mol. The van der Waals surface area contributed by atoms with E-state index in [1.807, 2.05) is 56.4 Å². The molecule has 0 bridgehead atoms. The number of amides is 1. The van der Waals surface area contributed by atoms with Crippen molar-refractivity contribution in [1.82, 2.24) is 34.9 Å². The van der Waals surface area contributed by atoms with Gasteiger partial charge in [0.2, 0.25) is 5.65 Å². The first kappa shape index (κ1) is 24.5. The summed E-state index contributed by atoms with van der Waals surface area (Å²) in [6.07, 6.45) is 1.25. The van der Waals surface area contributed by atoms with Gasteiger partial charge in [-0.25, -0.2) is 14.8 Å². The molecular weight excluding hydrogens is 468 g/mol. The summed E-state index contributed by atoms with van der Waals surface area (Å²) < 4.78 is 7.28. The molecule has 10 heteroatoms. The number of aromatic nitrogens is 6. The summed E-state index contributed by atoms with van der Waals surface area (Å²) in [5, 5.41) is 14.8. The first-order valence-electron chi connectivity index (χ1n) is 12.5. The summed E-state index contributed by atoms with van der Waals surface area (Å²) in [6.45, 7) is 10.8. The van der Waals surface area contributed by atoms with Gasteiger partial charge in [0.1, 0.15) is 17.2 Å². The molecule has 0 radical (unpaired) electrons. The predicted octanol–water partition coefficient (Wildman–Crippen LogP) is 5.15. The number of aromatic amines is 1. The quantitative estimate of drug-likeness (QED) is 0.264. The van der Waals surface area contributed by atoms with E-state index in [2.05, 4.69) is 44.9 Å². The van der Waals surface area contributed by atoms with Crippen LogP contribution in [0.4, 0.5) is 10.6 Å². The lowest BCUT2D eigenvalue weighted by atomic mass is 10.2. The zero-order valence-corrected chi connectivity index (χ0v) is 21.8. The van der Waals surface area contributed by atoms with Gasteiger partial charge in [0.05, 0.1) is 22.1 Å². The number of fused-ring (bicyclic) bond motifs is 4. The first-order valence-corrected chi connectivity index (χ1v) is 12.5. The molecule has 3 N–H and O–H groups in total. The number of carbonyl (C=O) groups is 1. The lowest BCUT2D eigenvalue weighted by molar-refractivity contribution is 0.0527. The van der Waals surface area contributed by atoms with Crippen LogP contribution in [0.1, 0.15) is 45.0 Å². The molecule has 0 aliphatic heterocycles. The molecule has 0 saturated carbocycles. The molecule has 0 saturated heterocycles. The van der Waals surface area contributed by atoms with Gasteiger partial charge in [0, 0.05) is 18.7 Å². The summed E-state index contributed by atoms with van der Waals surface area (Å²) in [5.41, 5.74) is 6.02. The van der Waals surface area contributed by atoms with E-state index in [1.165, 1.54) is 5.56 Å². The largest absolute Gasteiger partial charge is 0.444 e. The van der Waals surface area contributed by atoms with Gasteiger partial charge in [-0.2, -0.15) is 0 Å². The van der Waals surface area contributed by atoms with Crippen LogP contribution in [0.5, 0.6) is 0 Å². The number of alkyl carbamates (subject to hydrolysis) is 1. The highest BCUT2D eigenvalue weighted by Crippen LogP contribution is 2.27. The molecule has 5 rings (SSSR count). The maximum Gasteiger partial charge on any atom is 0.407 e. The van der Waals surface area contributed by atoms with Gasteiger partial charge in [-0.15, -0.1) is 10.2 Å². The van der Waals surface area contributed by atoms with Crippen LogP contribution < -0.4 is 10.6 Å². The van der Waals surface area contributed by atoms with Crippen molar-refractivity contribution in [2.45, 2.75) is 53.1 Å². The molecule has 3 heterocycles. The van der Waals surface area contributed by atoms with Crippen molar-refractivity contribution < 1.29 is 9.53 Å². The number of anilines is 1. The number of nitrogens with zero attached hydrogens (tertiary/aromatic N) is 5. The Hall–Kier alpha value is -4.21. The van der Waals surface area contributed by atoms with Crippen LogP contribution in [0.15, 0.2) is 36.4 Å². The fourth-order valence-electron chi connectivity index (χ4n) is 4.26. The number of H-pyrrole nitrogens is 1. The maximum absolute atomic E-state index is 11.8. The normalized spacial score (nSPS) is 11.9. The molecule has 10 nitrogen and oxygen atoms in total. The van der Waals surface area contributed by atoms with Crippen molar-refractivity contribution in [2.24, 2.45) is 0 Å². The number of rotatable bonds is 7. The van der Waals surface area contributed by atoms with Crippen LogP contribution in [0.2, 0.25) is 0 Å². The fourth-order valence-corrected chi connectivity index (χ4v) is 4.26. The molecule has 2 aromatic carbocycles. The lowest BCUT2D eigenvalue weighted by Gasteiger charge is -2.19. The molecule has 3 aromatic heterocycles. The molecular formula is C27H32N8O2. The molecule has 0 aliphatic carbocycles. The van der Waals surface area contributed by atoms with Crippen molar-refractivity contribution in [3.8, 4) is 11.4 Å². The second-order valence-electron chi connectivity index (χ2n) is 10.2. The number of benzene rings is 2. The van der Waals surface area contributed by atoms with E-state index in [1.54, 1.807) is 0 Å². The van der Waals surface area contributed by atoms with Crippen LogP contribution in [0, 0.1) is 13.8 Å². The third kappa shape index (κ3) is 5.32. The number of aryl methyl sites for hydroxylation is 2. The average Bonchev–Trinajstić information content (AvgIpc) is 3.43. The minimum atomic E-state index is -0.502. The monoisotopic (exact) mass is 500 g/mol. The molecule has 0 atom stereocenters. The lowest BCUT2D eigenvalue weighted by Crippen LogP contribution is -2.33. The fraction of sp³-hybridized carbons (Fsp3) is 0.370. The Morgan fingerprint density at radius 3 is 2.62 bits per heavy atom.